The lowest BCUT2D eigenvalue weighted by atomic mass is 10.2. The minimum Gasteiger partial charge on any atom is -0.333 e. The van der Waals surface area contributed by atoms with Crippen molar-refractivity contribution in [3.05, 3.63) is 22.4 Å². The van der Waals surface area contributed by atoms with Crippen molar-refractivity contribution < 1.29 is 9.59 Å². The summed E-state index contributed by atoms with van der Waals surface area (Å²) < 4.78 is 0. The Balaban J connectivity index is 1.65. The third kappa shape index (κ3) is 3.28. The van der Waals surface area contributed by atoms with E-state index in [9.17, 15) is 9.59 Å². The fourth-order valence-electron chi connectivity index (χ4n) is 3.30. The first-order valence-corrected chi connectivity index (χ1v) is 8.74. The van der Waals surface area contributed by atoms with Crippen LogP contribution in [0.25, 0.3) is 0 Å². The van der Waals surface area contributed by atoms with Crippen molar-refractivity contribution in [1.29, 1.82) is 0 Å². The number of amides is 2. The maximum Gasteiger partial charge on any atom is 0.242 e. The molecule has 0 N–H and O–H groups in total. The molecular formula is C16H22N2O2S. The van der Waals surface area contributed by atoms with Gasteiger partial charge in [-0.25, -0.2) is 0 Å². The Morgan fingerprint density at radius 1 is 1.24 bits per heavy atom. The number of carbonyl (C=O) groups excluding carboxylic acids is 2. The summed E-state index contributed by atoms with van der Waals surface area (Å²) in [5.41, 5.74) is 0. The van der Waals surface area contributed by atoms with E-state index >= 15 is 0 Å². The molecule has 1 aromatic rings. The van der Waals surface area contributed by atoms with E-state index < -0.39 is 0 Å². The molecule has 0 aliphatic carbocycles. The van der Waals surface area contributed by atoms with Gasteiger partial charge < -0.3 is 9.80 Å². The second-order valence-corrected chi connectivity index (χ2v) is 6.87. The van der Waals surface area contributed by atoms with Crippen molar-refractivity contribution >= 4 is 23.2 Å². The summed E-state index contributed by atoms with van der Waals surface area (Å²) in [6, 6.07) is 4.37. The molecule has 0 aromatic carbocycles. The highest BCUT2D eigenvalue weighted by Crippen LogP contribution is 2.34. The number of carbonyl (C=O) groups is 2. The van der Waals surface area contributed by atoms with E-state index in [2.05, 4.69) is 11.4 Å². The maximum atomic E-state index is 12.6. The quantitative estimate of drug-likeness (QED) is 0.861. The van der Waals surface area contributed by atoms with E-state index in [1.165, 1.54) is 4.88 Å². The molecule has 4 nitrogen and oxygen atoms in total. The first-order chi connectivity index (χ1) is 10.3. The van der Waals surface area contributed by atoms with E-state index in [0.717, 1.165) is 45.2 Å². The Morgan fingerprint density at radius 2 is 2.14 bits per heavy atom. The molecule has 2 aliphatic rings. The largest absolute Gasteiger partial charge is 0.333 e. The Kier molecular flexibility index (Phi) is 4.58. The monoisotopic (exact) mass is 306 g/mol. The van der Waals surface area contributed by atoms with Crippen molar-refractivity contribution in [1.82, 2.24) is 9.80 Å². The highest BCUT2D eigenvalue weighted by Gasteiger charge is 2.32. The van der Waals surface area contributed by atoms with Gasteiger partial charge in [0.25, 0.3) is 0 Å². The van der Waals surface area contributed by atoms with Crippen LogP contribution in [0.2, 0.25) is 0 Å². The van der Waals surface area contributed by atoms with E-state index in [0.29, 0.717) is 6.42 Å². The lowest BCUT2D eigenvalue weighted by molar-refractivity contribution is -0.140. The number of rotatable bonds is 3. The van der Waals surface area contributed by atoms with Crippen molar-refractivity contribution in [2.75, 3.05) is 19.6 Å². The van der Waals surface area contributed by atoms with Gasteiger partial charge in [0.15, 0.2) is 0 Å². The van der Waals surface area contributed by atoms with E-state index in [4.69, 9.17) is 0 Å². The molecule has 1 atom stereocenters. The van der Waals surface area contributed by atoms with Crippen LogP contribution in [0.5, 0.6) is 0 Å². The molecule has 0 bridgehead atoms. The molecule has 2 amide bonds. The molecule has 1 unspecified atom stereocenters. The normalized spacial score (nSPS) is 23.4. The van der Waals surface area contributed by atoms with E-state index in [-0.39, 0.29) is 24.4 Å². The fourth-order valence-corrected chi connectivity index (χ4v) is 4.18. The average Bonchev–Trinajstić information content (AvgIpc) is 3.12. The summed E-state index contributed by atoms with van der Waals surface area (Å²) in [7, 11) is 0. The number of likely N-dealkylation sites (tertiary alicyclic amines) is 2. The van der Waals surface area contributed by atoms with Crippen LogP contribution in [-0.2, 0) is 9.59 Å². The van der Waals surface area contributed by atoms with E-state index in [1.807, 2.05) is 11.0 Å². The molecule has 0 radical (unpaired) electrons. The summed E-state index contributed by atoms with van der Waals surface area (Å²) in [5, 5.41) is 2.06. The van der Waals surface area contributed by atoms with Crippen molar-refractivity contribution in [2.45, 2.75) is 44.6 Å². The molecule has 114 valence electrons. The smallest absolute Gasteiger partial charge is 0.242 e. The van der Waals surface area contributed by atoms with Crippen LogP contribution >= 0.6 is 11.3 Å². The predicted molar refractivity (Wildman–Crippen MR) is 83.1 cm³/mol. The first kappa shape index (κ1) is 14.6. The average molecular weight is 306 g/mol. The van der Waals surface area contributed by atoms with Gasteiger partial charge in [0, 0.05) is 24.4 Å². The number of nitrogens with zero attached hydrogens (tertiary/aromatic N) is 2. The zero-order valence-corrected chi connectivity index (χ0v) is 13.1. The second-order valence-electron chi connectivity index (χ2n) is 5.89. The van der Waals surface area contributed by atoms with Crippen LogP contribution in [0.4, 0.5) is 0 Å². The molecule has 3 rings (SSSR count). The second kappa shape index (κ2) is 6.60. The van der Waals surface area contributed by atoms with Crippen LogP contribution in [0, 0.1) is 0 Å². The molecule has 1 aromatic heterocycles. The van der Waals surface area contributed by atoms with Gasteiger partial charge in [-0.15, -0.1) is 11.3 Å². The Hall–Kier alpha value is -1.36. The summed E-state index contributed by atoms with van der Waals surface area (Å²) >= 11 is 1.72. The van der Waals surface area contributed by atoms with Crippen LogP contribution in [0.15, 0.2) is 17.5 Å². The number of hydrogen-bond acceptors (Lipinski definition) is 3. The molecule has 21 heavy (non-hydrogen) atoms. The molecule has 2 saturated heterocycles. The standard InChI is InChI=1S/C16H22N2O2S/c19-15-8-2-1-3-9-17(15)12-16(20)18-10-4-6-13(18)14-7-5-11-21-14/h5,7,11,13H,1-4,6,8-10,12H2. The molecule has 2 fully saturated rings. The third-order valence-electron chi connectivity index (χ3n) is 4.44. The summed E-state index contributed by atoms with van der Waals surface area (Å²) in [6.45, 7) is 1.83. The Bertz CT molecular complexity index is 500. The summed E-state index contributed by atoms with van der Waals surface area (Å²) in [5.74, 6) is 0.258. The van der Waals surface area contributed by atoms with Gasteiger partial charge in [-0.3, -0.25) is 9.59 Å². The van der Waals surface area contributed by atoms with Gasteiger partial charge in [0.05, 0.1) is 12.6 Å². The van der Waals surface area contributed by atoms with Crippen LogP contribution in [0.1, 0.15) is 49.4 Å². The number of thiophene rings is 1. The first-order valence-electron chi connectivity index (χ1n) is 7.86. The summed E-state index contributed by atoms with van der Waals surface area (Å²) in [4.78, 5) is 29.7. The highest BCUT2D eigenvalue weighted by atomic mass is 32.1. The van der Waals surface area contributed by atoms with Gasteiger partial charge in [0.2, 0.25) is 11.8 Å². The molecule has 3 heterocycles. The molecule has 2 aliphatic heterocycles. The highest BCUT2D eigenvalue weighted by molar-refractivity contribution is 7.10. The van der Waals surface area contributed by atoms with Crippen molar-refractivity contribution in [2.24, 2.45) is 0 Å². The molecule has 0 spiro atoms. The van der Waals surface area contributed by atoms with Gasteiger partial charge in [-0.05, 0) is 37.1 Å². The van der Waals surface area contributed by atoms with Gasteiger partial charge >= 0.3 is 0 Å². The lowest BCUT2D eigenvalue weighted by Crippen LogP contribution is -2.42. The van der Waals surface area contributed by atoms with Crippen LogP contribution < -0.4 is 0 Å². The van der Waals surface area contributed by atoms with Crippen LogP contribution in [0.3, 0.4) is 0 Å². The van der Waals surface area contributed by atoms with Gasteiger partial charge in [-0.1, -0.05) is 12.5 Å². The predicted octanol–water partition coefficient (Wildman–Crippen LogP) is 2.81. The number of hydrogen-bond donors (Lipinski definition) is 0. The molecular weight excluding hydrogens is 284 g/mol. The maximum absolute atomic E-state index is 12.6. The SMILES string of the molecule is O=C1CCCCCN1CC(=O)N1CCCC1c1cccs1. The van der Waals surface area contributed by atoms with E-state index in [1.54, 1.807) is 16.2 Å². The van der Waals surface area contributed by atoms with Crippen LogP contribution in [-0.4, -0.2) is 41.2 Å². The van der Waals surface area contributed by atoms with Gasteiger partial charge in [0.1, 0.15) is 0 Å². The minimum atomic E-state index is 0.112. The summed E-state index contributed by atoms with van der Waals surface area (Å²) in [6.07, 6.45) is 5.78. The fraction of sp³-hybridized carbons (Fsp3) is 0.625. The van der Waals surface area contributed by atoms with Crippen molar-refractivity contribution in [3.63, 3.8) is 0 Å². The zero-order valence-electron chi connectivity index (χ0n) is 12.3. The lowest BCUT2D eigenvalue weighted by Gasteiger charge is -2.27. The third-order valence-corrected chi connectivity index (χ3v) is 5.42. The van der Waals surface area contributed by atoms with Crippen molar-refractivity contribution in [3.8, 4) is 0 Å². The molecule has 0 saturated carbocycles. The Morgan fingerprint density at radius 3 is 2.95 bits per heavy atom. The minimum absolute atomic E-state index is 0.112. The zero-order chi connectivity index (χ0) is 14.7. The topological polar surface area (TPSA) is 40.6 Å². The Labute approximate surface area is 129 Å². The van der Waals surface area contributed by atoms with Gasteiger partial charge in [-0.2, -0.15) is 0 Å². The molecule has 5 heteroatoms.